The molecule has 1 aliphatic heterocycles. The van der Waals surface area contributed by atoms with Crippen LogP contribution in [-0.2, 0) is 28.4 Å². The predicted molar refractivity (Wildman–Crippen MR) is 286 cm³/mol. The Hall–Kier alpha value is -0.800. The molecule has 4 aliphatic carbocycles. The Labute approximate surface area is 421 Å². The fourth-order valence-corrected chi connectivity index (χ4v) is 14.2. The Bertz CT molecular complexity index is 1350. The van der Waals surface area contributed by atoms with Crippen molar-refractivity contribution in [3.8, 4) is 0 Å². The molecule has 0 aromatic heterocycles. The second-order valence-corrected chi connectivity index (χ2v) is 23.9. The van der Waals surface area contributed by atoms with Crippen LogP contribution >= 0.6 is 0 Å². The molecule has 5 rings (SSSR count). The Morgan fingerprint density at radius 3 is 2.00 bits per heavy atom. The molecule has 1 heterocycles. The van der Waals surface area contributed by atoms with Crippen LogP contribution in [0.5, 0.6) is 0 Å². The summed E-state index contributed by atoms with van der Waals surface area (Å²) in [5.74, 6) is 5.33. The number of rotatable bonds is 39. The summed E-state index contributed by atoms with van der Waals surface area (Å²) in [6.07, 6.45) is 44.1. The highest BCUT2D eigenvalue weighted by atomic mass is 16.6. The lowest BCUT2D eigenvalue weighted by atomic mass is 9.47. The molecule has 4 fully saturated rings. The molecule has 7 nitrogen and oxygen atoms in total. The molecule has 0 radical (unpaired) electrons. The van der Waals surface area contributed by atoms with Crippen LogP contribution in [0.1, 0.15) is 222 Å². The Morgan fingerprint density at radius 1 is 0.662 bits per heavy atom. The zero-order valence-electron chi connectivity index (χ0n) is 45.9. The summed E-state index contributed by atoms with van der Waals surface area (Å²) < 4.78 is 36.6. The molecule has 0 spiro atoms. The van der Waals surface area contributed by atoms with E-state index in [0.717, 1.165) is 61.5 Å². The smallest absolute Gasteiger partial charge is 0.0936 e. The van der Waals surface area contributed by atoms with Crippen molar-refractivity contribution in [3.63, 3.8) is 0 Å². The summed E-state index contributed by atoms with van der Waals surface area (Å²) in [6, 6.07) is 0.631. The van der Waals surface area contributed by atoms with E-state index in [0.29, 0.717) is 82.4 Å². The molecule has 0 N–H and O–H groups in total. The summed E-state index contributed by atoms with van der Waals surface area (Å²) in [5, 5.41) is 0. The molecule has 0 bridgehead atoms. The molecule has 7 heteroatoms. The summed E-state index contributed by atoms with van der Waals surface area (Å²) >= 11 is 0. The number of hydrogen-bond donors (Lipinski definition) is 0. The van der Waals surface area contributed by atoms with Gasteiger partial charge in [0.1, 0.15) is 0 Å². The lowest BCUT2D eigenvalue weighted by molar-refractivity contribution is -0.0697. The van der Waals surface area contributed by atoms with E-state index in [1.165, 1.54) is 167 Å². The van der Waals surface area contributed by atoms with Crippen molar-refractivity contribution < 1.29 is 28.4 Å². The van der Waals surface area contributed by atoms with Gasteiger partial charge in [-0.05, 0) is 156 Å². The molecule has 0 aromatic rings. The van der Waals surface area contributed by atoms with Gasteiger partial charge in [0.2, 0.25) is 0 Å². The van der Waals surface area contributed by atoms with E-state index in [2.05, 4.69) is 71.6 Å². The maximum absolute atomic E-state index is 6.45. The van der Waals surface area contributed by atoms with Gasteiger partial charge in [0.25, 0.3) is 0 Å². The van der Waals surface area contributed by atoms with E-state index >= 15 is 0 Å². The van der Waals surface area contributed by atoms with E-state index in [4.69, 9.17) is 28.4 Å². The molecule has 68 heavy (non-hydrogen) atoms. The fourth-order valence-electron chi connectivity index (χ4n) is 14.2. The predicted octanol–water partition coefficient (Wildman–Crippen LogP) is 15.4. The van der Waals surface area contributed by atoms with Crippen LogP contribution in [-0.4, -0.2) is 102 Å². The molecule has 10 atom stereocenters. The van der Waals surface area contributed by atoms with Crippen LogP contribution in [0.2, 0.25) is 0 Å². The highest BCUT2D eigenvalue weighted by molar-refractivity contribution is 5.25. The summed E-state index contributed by atoms with van der Waals surface area (Å²) in [6.45, 7) is 25.8. The number of nitrogens with zero attached hydrogens (tertiary/aromatic N) is 1. The van der Waals surface area contributed by atoms with Crippen molar-refractivity contribution in [2.24, 2.45) is 46.3 Å². The lowest BCUT2D eigenvalue weighted by Gasteiger charge is -2.58. The van der Waals surface area contributed by atoms with Crippen molar-refractivity contribution in [2.45, 2.75) is 240 Å². The van der Waals surface area contributed by atoms with Gasteiger partial charge in [0, 0.05) is 19.2 Å². The van der Waals surface area contributed by atoms with Crippen molar-refractivity contribution in [2.75, 3.05) is 79.2 Å². The van der Waals surface area contributed by atoms with Crippen LogP contribution < -0.4 is 0 Å². The minimum absolute atomic E-state index is 0.0928. The highest BCUT2D eigenvalue weighted by Crippen LogP contribution is 2.67. The Morgan fingerprint density at radius 2 is 1.32 bits per heavy atom. The van der Waals surface area contributed by atoms with Crippen LogP contribution in [0.3, 0.4) is 0 Å². The number of fused-ring (bicyclic) bond motifs is 5. The monoisotopic (exact) mass is 954 g/mol. The molecule has 1 saturated heterocycles. The van der Waals surface area contributed by atoms with Crippen LogP contribution in [0.15, 0.2) is 23.8 Å². The van der Waals surface area contributed by atoms with Gasteiger partial charge in [-0.25, -0.2) is 0 Å². The standard InChI is InChI=1S/C61H111NO6/c1-8-9-10-11-12-13-14-15-16-17-18-19-20-21-22-23-38-66-49-55(48-62-37-25-28-52(62)5)68-46-44-65-42-40-63-39-41-64-43-45-67-54-33-35-60(6)53(47-54)29-30-56-58-32-31-57(51(4)27-24-26-50(2)3)61(58,7)36-34-59(56)60/h12-13,29,50-52,54-59H,8-11,14-28,30-49H2,1-7H3/b13-12-/t51-,52?,54+,55?,56+,57-,58+,59+,60+,61-/m1/s1. The zero-order chi connectivity index (χ0) is 48.3. The van der Waals surface area contributed by atoms with Gasteiger partial charge in [-0.2, -0.15) is 0 Å². The van der Waals surface area contributed by atoms with Crippen molar-refractivity contribution >= 4 is 0 Å². The SMILES string of the molecule is CCCCC/C=C\CCCCCCCCCCCOCC(CN1CCCC1C)OCCOCCOCCOCCO[C@H]1CC[C@@]2(C)C(=CC[C@H]3[C@@H]4CC[C@H]([C@H](C)CCCC(C)C)[C@@]4(C)CC[C@@H]32)C1. The van der Waals surface area contributed by atoms with Gasteiger partial charge >= 0.3 is 0 Å². The van der Waals surface area contributed by atoms with Crippen molar-refractivity contribution in [1.82, 2.24) is 4.90 Å². The molecule has 5 aliphatic rings. The second kappa shape index (κ2) is 33.1. The third-order valence-electron chi connectivity index (χ3n) is 18.4. The molecule has 2 unspecified atom stereocenters. The number of hydrogen-bond acceptors (Lipinski definition) is 7. The average molecular weight is 955 g/mol. The van der Waals surface area contributed by atoms with Crippen LogP contribution in [0, 0.1) is 46.3 Å². The first-order valence-corrected chi connectivity index (χ1v) is 29.8. The van der Waals surface area contributed by atoms with Gasteiger partial charge in [-0.3, -0.25) is 4.90 Å². The van der Waals surface area contributed by atoms with Crippen molar-refractivity contribution in [1.29, 1.82) is 0 Å². The maximum atomic E-state index is 6.45. The highest BCUT2D eigenvalue weighted by Gasteiger charge is 2.59. The second-order valence-electron chi connectivity index (χ2n) is 23.9. The van der Waals surface area contributed by atoms with Gasteiger partial charge in [0.15, 0.2) is 0 Å². The van der Waals surface area contributed by atoms with Gasteiger partial charge < -0.3 is 28.4 Å². The maximum Gasteiger partial charge on any atom is 0.0936 e. The van der Waals surface area contributed by atoms with Gasteiger partial charge in [-0.1, -0.05) is 142 Å². The van der Waals surface area contributed by atoms with E-state index < -0.39 is 0 Å². The molecular formula is C61H111NO6. The Kier molecular flexibility index (Phi) is 28.3. The lowest BCUT2D eigenvalue weighted by Crippen LogP contribution is -2.51. The zero-order valence-corrected chi connectivity index (χ0v) is 45.9. The van der Waals surface area contributed by atoms with Crippen LogP contribution in [0.4, 0.5) is 0 Å². The van der Waals surface area contributed by atoms with Crippen molar-refractivity contribution in [3.05, 3.63) is 23.8 Å². The number of likely N-dealkylation sites (tertiary alicyclic amines) is 1. The first-order chi connectivity index (χ1) is 33.2. The summed E-state index contributed by atoms with van der Waals surface area (Å²) in [7, 11) is 0. The third-order valence-corrected chi connectivity index (χ3v) is 18.4. The fraction of sp³-hybridized carbons (Fsp3) is 0.934. The molecule has 0 aromatic carbocycles. The summed E-state index contributed by atoms with van der Waals surface area (Å²) in [4.78, 5) is 2.57. The molecule has 3 saturated carbocycles. The molecule has 0 amide bonds. The number of ether oxygens (including phenoxy) is 6. The quantitative estimate of drug-likeness (QED) is 0.0449. The van der Waals surface area contributed by atoms with E-state index in [1.54, 1.807) is 5.57 Å². The van der Waals surface area contributed by atoms with E-state index in [-0.39, 0.29) is 6.10 Å². The first kappa shape index (κ1) is 58.1. The summed E-state index contributed by atoms with van der Waals surface area (Å²) in [5.41, 5.74) is 2.66. The van der Waals surface area contributed by atoms with E-state index in [9.17, 15) is 0 Å². The minimum Gasteiger partial charge on any atom is -0.379 e. The molecular weight excluding hydrogens is 843 g/mol. The third kappa shape index (κ3) is 19.6. The van der Waals surface area contributed by atoms with Crippen LogP contribution in [0.25, 0.3) is 0 Å². The van der Waals surface area contributed by atoms with E-state index in [1.807, 2.05) is 0 Å². The number of allylic oxidation sites excluding steroid dienone is 3. The Balaban J connectivity index is 0.834. The van der Waals surface area contributed by atoms with Gasteiger partial charge in [-0.15, -0.1) is 0 Å². The topological polar surface area (TPSA) is 58.6 Å². The first-order valence-electron chi connectivity index (χ1n) is 29.8. The van der Waals surface area contributed by atoms with Gasteiger partial charge in [0.05, 0.1) is 71.7 Å². The number of unbranched alkanes of at least 4 members (excludes halogenated alkanes) is 12. The normalized spacial score (nSPS) is 29.4. The molecule has 396 valence electrons. The average Bonchev–Trinajstić information content (AvgIpc) is 3.91. The minimum atomic E-state index is 0.0928. The largest absolute Gasteiger partial charge is 0.379 e.